The molecule has 0 saturated carbocycles. The van der Waals surface area contributed by atoms with E-state index in [0.29, 0.717) is 0 Å². The molecule has 4 heteroatoms. The molecule has 108 valence electrons. The Kier molecular flexibility index (Phi) is 2.96. The average Bonchev–Trinajstić information content (AvgIpc) is 2.83. The number of aromatic amines is 1. The van der Waals surface area contributed by atoms with Crippen molar-refractivity contribution >= 4 is 11.8 Å². The molecule has 1 spiro atoms. The minimum Gasteiger partial charge on any atom is -0.301 e. The van der Waals surface area contributed by atoms with Crippen molar-refractivity contribution in [2.24, 2.45) is 5.41 Å². The first-order chi connectivity index (χ1) is 10.2. The standard InChI is InChI=1S/C17H18N2OS/c1-21-16-18-14-10-17(7-6-13(14)15(20)19-16)8-11-4-2-3-5-12(11)9-17/h2-5H,6-10H2,1H3,(H,18,19,20). The lowest BCUT2D eigenvalue weighted by atomic mass is 9.71. The highest BCUT2D eigenvalue weighted by molar-refractivity contribution is 7.98. The van der Waals surface area contributed by atoms with Crippen molar-refractivity contribution < 1.29 is 0 Å². The molecule has 1 N–H and O–H groups in total. The molecule has 3 nitrogen and oxygen atoms in total. The van der Waals surface area contributed by atoms with Crippen LogP contribution in [0.5, 0.6) is 0 Å². The van der Waals surface area contributed by atoms with Crippen molar-refractivity contribution in [1.82, 2.24) is 9.97 Å². The molecule has 4 rings (SSSR count). The van der Waals surface area contributed by atoms with Gasteiger partial charge in [0.15, 0.2) is 5.16 Å². The highest BCUT2D eigenvalue weighted by Gasteiger charge is 2.40. The Balaban J connectivity index is 1.72. The van der Waals surface area contributed by atoms with Gasteiger partial charge < -0.3 is 4.98 Å². The molecule has 0 saturated heterocycles. The highest BCUT2D eigenvalue weighted by atomic mass is 32.2. The first-order valence-corrected chi connectivity index (χ1v) is 8.64. The third-order valence-electron chi connectivity index (χ3n) is 4.97. The summed E-state index contributed by atoms with van der Waals surface area (Å²) in [7, 11) is 0. The molecule has 0 fully saturated rings. The summed E-state index contributed by atoms with van der Waals surface area (Å²) in [5.74, 6) is 0. The maximum atomic E-state index is 12.2. The minimum atomic E-state index is 0.0645. The van der Waals surface area contributed by atoms with Crippen molar-refractivity contribution in [3.63, 3.8) is 0 Å². The van der Waals surface area contributed by atoms with Crippen LogP contribution in [0, 0.1) is 5.41 Å². The monoisotopic (exact) mass is 298 g/mol. The van der Waals surface area contributed by atoms with Crippen LogP contribution < -0.4 is 5.56 Å². The number of hydrogen-bond donors (Lipinski definition) is 1. The predicted octanol–water partition coefficient (Wildman–Crippen LogP) is 2.77. The van der Waals surface area contributed by atoms with E-state index in [4.69, 9.17) is 0 Å². The van der Waals surface area contributed by atoms with E-state index in [-0.39, 0.29) is 11.0 Å². The molecular weight excluding hydrogens is 280 g/mol. The number of rotatable bonds is 1. The largest absolute Gasteiger partial charge is 0.301 e. The number of nitrogens with one attached hydrogen (secondary N) is 1. The normalized spacial score (nSPS) is 18.5. The fourth-order valence-electron chi connectivity index (χ4n) is 3.93. The minimum absolute atomic E-state index is 0.0645. The summed E-state index contributed by atoms with van der Waals surface area (Å²) in [6.45, 7) is 0. The van der Waals surface area contributed by atoms with Gasteiger partial charge in [-0.05, 0) is 54.9 Å². The fourth-order valence-corrected chi connectivity index (χ4v) is 4.33. The quantitative estimate of drug-likeness (QED) is 0.650. The molecule has 2 aliphatic carbocycles. The smallest absolute Gasteiger partial charge is 0.254 e. The van der Waals surface area contributed by atoms with Gasteiger partial charge in [-0.25, -0.2) is 4.98 Å². The Hall–Kier alpha value is -1.55. The Bertz CT molecular complexity index is 741. The third-order valence-corrected chi connectivity index (χ3v) is 5.55. The Labute approximate surface area is 128 Å². The molecule has 2 aliphatic rings. The summed E-state index contributed by atoms with van der Waals surface area (Å²) in [6, 6.07) is 8.75. The van der Waals surface area contributed by atoms with Crippen molar-refractivity contribution in [1.29, 1.82) is 0 Å². The first kappa shape index (κ1) is 13.1. The summed E-state index contributed by atoms with van der Waals surface area (Å²) in [6.07, 6.45) is 7.11. The second kappa shape index (κ2) is 4.73. The number of aromatic nitrogens is 2. The van der Waals surface area contributed by atoms with Gasteiger partial charge in [0.1, 0.15) is 0 Å². The lowest BCUT2D eigenvalue weighted by molar-refractivity contribution is 0.256. The number of fused-ring (bicyclic) bond motifs is 2. The van der Waals surface area contributed by atoms with Gasteiger partial charge in [-0.3, -0.25) is 4.79 Å². The maximum absolute atomic E-state index is 12.2. The van der Waals surface area contributed by atoms with Gasteiger partial charge in [0.05, 0.1) is 5.69 Å². The predicted molar refractivity (Wildman–Crippen MR) is 84.9 cm³/mol. The molecule has 1 heterocycles. The van der Waals surface area contributed by atoms with Crippen LogP contribution in [-0.4, -0.2) is 16.2 Å². The van der Waals surface area contributed by atoms with Crippen LogP contribution in [0.25, 0.3) is 0 Å². The summed E-state index contributed by atoms with van der Waals surface area (Å²) in [5, 5.41) is 0.742. The van der Waals surface area contributed by atoms with Gasteiger partial charge >= 0.3 is 0 Å². The molecule has 0 bridgehead atoms. The summed E-state index contributed by atoms with van der Waals surface area (Å²) < 4.78 is 0. The van der Waals surface area contributed by atoms with Crippen LogP contribution in [0.3, 0.4) is 0 Å². The zero-order chi connectivity index (χ0) is 14.4. The van der Waals surface area contributed by atoms with Crippen LogP contribution in [0.4, 0.5) is 0 Å². The maximum Gasteiger partial charge on any atom is 0.254 e. The van der Waals surface area contributed by atoms with E-state index in [1.807, 2.05) is 6.26 Å². The van der Waals surface area contributed by atoms with E-state index >= 15 is 0 Å². The average molecular weight is 298 g/mol. The van der Waals surface area contributed by atoms with Gasteiger partial charge in [0, 0.05) is 5.56 Å². The molecule has 0 unspecified atom stereocenters. The summed E-state index contributed by atoms with van der Waals surface area (Å²) in [5.41, 5.74) is 5.26. The van der Waals surface area contributed by atoms with E-state index < -0.39 is 0 Å². The topological polar surface area (TPSA) is 45.8 Å². The lowest BCUT2D eigenvalue weighted by Gasteiger charge is -2.33. The van der Waals surface area contributed by atoms with E-state index in [1.165, 1.54) is 22.9 Å². The number of benzene rings is 1. The molecule has 2 aromatic rings. The van der Waals surface area contributed by atoms with E-state index in [1.54, 1.807) is 0 Å². The molecule has 1 aromatic carbocycles. The van der Waals surface area contributed by atoms with E-state index in [0.717, 1.165) is 48.5 Å². The molecule has 1 aromatic heterocycles. The second-order valence-corrected chi connectivity index (χ2v) is 7.09. The Morgan fingerprint density at radius 1 is 1.19 bits per heavy atom. The van der Waals surface area contributed by atoms with Crippen molar-refractivity contribution in [2.75, 3.05) is 6.26 Å². The van der Waals surface area contributed by atoms with E-state index in [2.05, 4.69) is 34.2 Å². The fraction of sp³-hybridized carbons (Fsp3) is 0.412. The molecule has 0 amide bonds. The second-order valence-electron chi connectivity index (χ2n) is 6.30. The van der Waals surface area contributed by atoms with E-state index in [9.17, 15) is 4.79 Å². The summed E-state index contributed by atoms with van der Waals surface area (Å²) >= 11 is 1.51. The third kappa shape index (κ3) is 2.13. The van der Waals surface area contributed by atoms with Crippen LogP contribution in [0.1, 0.15) is 28.8 Å². The number of hydrogen-bond acceptors (Lipinski definition) is 3. The SMILES string of the molecule is CSc1nc2c(c(=O)[nH]1)CCC1(Cc3ccccc3C1)C2. The first-order valence-electron chi connectivity index (χ1n) is 7.42. The number of thioether (sulfide) groups is 1. The van der Waals surface area contributed by atoms with Crippen molar-refractivity contribution in [3.8, 4) is 0 Å². The van der Waals surface area contributed by atoms with Crippen LogP contribution in [-0.2, 0) is 25.7 Å². The number of nitrogens with zero attached hydrogens (tertiary/aromatic N) is 1. The van der Waals surface area contributed by atoms with Gasteiger partial charge in [-0.1, -0.05) is 36.0 Å². The van der Waals surface area contributed by atoms with Gasteiger partial charge in [0.25, 0.3) is 5.56 Å². The van der Waals surface area contributed by atoms with Gasteiger partial charge in [-0.15, -0.1) is 0 Å². The van der Waals surface area contributed by atoms with Crippen LogP contribution in [0.15, 0.2) is 34.2 Å². The molecule has 0 atom stereocenters. The van der Waals surface area contributed by atoms with Crippen molar-refractivity contribution in [2.45, 2.75) is 37.3 Å². The molecule has 0 radical (unpaired) electrons. The molecule has 0 aliphatic heterocycles. The summed E-state index contributed by atoms with van der Waals surface area (Å²) in [4.78, 5) is 19.7. The number of H-pyrrole nitrogens is 1. The van der Waals surface area contributed by atoms with Crippen LogP contribution >= 0.6 is 11.8 Å². The molecule has 21 heavy (non-hydrogen) atoms. The van der Waals surface area contributed by atoms with Gasteiger partial charge in [-0.2, -0.15) is 0 Å². The molecular formula is C17H18N2OS. The lowest BCUT2D eigenvalue weighted by Crippen LogP contribution is -2.34. The van der Waals surface area contributed by atoms with Crippen molar-refractivity contribution in [3.05, 3.63) is 57.0 Å². The zero-order valence-corrected chi connectivity index (χ0v) is 12.9. The Morgan fingerprint density at radius 3 is 2.57 bits per heavy atom. The zero-order valence-electron chi connectivity index (χ0n) is 12.1. The highest BCUT2D eigenvalue weighted by Crippen LogP contribution is 2.45. The van der Waals surface area contributed by atoms with Gasteiger partial charge in [0.2, 0.25) is 0 Å². The van der Waals surface area contributed by atoms with Crippen LogP contribution in [0.2, 0.25) is 0 Å². The Morgan fingerprint density at radius 2 is 1.90 bits per heavy atom.